The van der Waals surface area contributed by atoms with E-state index in [1.165, 1.54) is 24.3 Å². The van der Waals surface area contributed by atoms with Crippen LogP contribution >= 0.6 is 11.6 Å². The summed E-state index contributed by atoms with van der Waals surface area (Å²) in [5, 5.41) is 0.456. The van der Waals surface area contributed by atoms with E-state index in [1.807, 2.05) is 5.43 Å². The molecule has 21 heavy (non-hydrogen) atoms. The number of carbonyl (C=O) groups is 2. The van der Waals surface area contributed by atoms with Crippen molar-refractivity contribution in [3.05, 3.63) is 70.2 Å². The third-order valence-electron chi connectivity index (χ3n) is 2.57. The highest BCUT2D eigenvalue weighted by molar-refractivity contribution is 6.30. The molecule has 2 amide bonds. The lowest BCUT2D eigenvalue weighted by atomic mass is 10.2. The lowest BCUT2D eigenvalue weighted by molar-refractivity contribution is 0.0844. The molecule has 2 rings (SSSR count). The van der Waals surface area contributed by atoms with Crippen LogP contribution in [0.5, 0.6) is 0 Å². The summed E-state index contributed by atoms with van der Waals surface area (Å²) >= 11 is 5.68. The fourth-order valence-corrected chi connectivity index (χ4v) is 1.65. The standard InChI is InChI=1S/C14H9ClF2N2O2/c15-9-3-1-8(2-4-9)13(20)18-19-14(21)11-7-10(16)5-6-12(11)17/h1-7H,(H,18,20)(H,19,21). The predicted molar refractivity (Wildman–Crippen MR) is 72.7 cm³/mol. The van der Waals surface area contributed by atoms with Crippen LogP contribution in [0.3, 0.4) is 0 Å². The molecule has 0 fully saturated rings. The highest BCUT2D eigenvalue weighted by atomic mass is 35.5. The van der Waals surface area contributed by atoms with Crippen LogP contribution in [0.1, 0.15) is 20.7 Å². The number of rotatable bonds is 2. The molecular formula is C14H9ClF2N2O2. The lowest BCUT2D eigenvalue weighted by Gasteiger charge is -2.08. The average molecular weight is 311 g/mol. The van der Waals surface area contributed by atoms with Gasteiger partial charge in [0.2, 0.25) is 0 Å². The summed E-state index contributed by atoms with van der Waals surface area (Å²) in [4.78, 5) is 23.4. The van der Waals surface area contributed by atoms with Gasteiger partial charge in [-0.05, 0) is 42.5 Å². The van der Waals surface area contributed by atoms with Gasteiger partial charge < -0.3 is 0 Å². The van der Waals surface area contributed by atoms with E-state index >= 15 is 0 Å². The van der Waals surface area contributed by atoms with Gasteiger partial charge >= 0.3 is 0 Å². The number of hydrazine groups is 1. The summed E-state index contributed by atoms with van der Waals surface area (Å²) in [6.07, 6.45) is 0. The van der Waals surface area contributed by atoms with Crippen molar-refractivity contribution < 1.29 is 18.4 Å². The van der Waals surface area contributed by atoms with Crippen LogP contribution in [0.25, 0.3) is 0 Å². The zero-order valence-electron chi connectivity index (χ0n) is 10.5. The number of amides is 2. The first-order chi connectivity index (χ1) is 9.97. The minimum atomic E-state index is -0.964. The molecule has 0 aliphatic heterocycles. The molecule has 2 aromatic rings. The van der Waals surface area contributed by atoms with Crippen molar-refractivity contribution in [2.24, 2.45) is 0 Å². The van der Waals surface area contributed by atoms with Crippen LogP contribution in [0.15, 0.2) is 42.5 Å². The van der Waals surface area contributed by atoms with Gasteiger partial charge in [-0.2, -0.15) is 0 Å². The van der Waals surface area contributed by atoms with E-state index in [9.17, 15) is 18.4 Å². The Hall–Kier alpha value is -2.47. The Morgan fingerprint density at radius 3 is 2.19 bits per heavy atom. The van der Waals surface area contributed by atoms with Crippen molar-refractivity contribution >= 4 is 23.4 Å². The highest BCUT2D eigenvalue weighted by Gasteiger charge is 2.14. The molecule has 0 heterocycles. The normalized spacial score (nSPS) is 10.0. The molecule has 0 unspecified atom stereocenters. The fourth-order valence-electron chi connectivity index (χ4n) is 1.53. The number of carbonyl (C=O) groups excluding carboxylic acids is 2. The molecule has 0 atom stereocenters. The van der Waals surface area contributed by atoms with Crippen LogP contribution in [-0.2, 0) is 0 Å². The lowest BCUT2D eigenvalue weighted by Crippen LogP contribution is -2.42. The molecule has 0 aliphatic rings. The smallest absolute Gasteiger partial charge is 0.267 e. The Kier molecular flexibility index (Phi) is 4.49. The zero-order valence-corrected chi connectivity index (χ0v) is 11.2. The molecule has 0 radical (unpaired) electrons. The second-order valence-corrected chi connectivity index (χ2v) is 4.48. The molecule has 0 spiro atoms. The maximum atomic E-state index is 13.4. The number of hydrogen-bond acceptors (Lipinski definition) is 2. The van der Waals surface area contributed by atoms with Crippen molar-refractivity contribution in [1.82, 2.24) is 10.9 Å². The maximum Gasteiger partial charge on any atom is 0.272 e. The quantitative estimate of drug-likeness (QED) is 0.838. The molecule has 7 heteroatoms. The summed E-state index contributed by atoms with van der Waals surface area (Å²) in [7, 11) is 0. The summed E-state index contributed by atoms with van der Waals surface area (Å²) in [6.45, 7) is 0. The number of benzene rings is 2. The maximum absolute atomic E-state index is 13.4. The number of halogens is 3. The largest absolute Gasteiger partial charge is 0.272 e. The topological polar surface area (TPSA) is 58.2 Å². The fraction of sp³-hybridized carbons (Fsp3) is 0. The monoisotopic (exact) mass is 310 g/mol. The molecule has 0 saturated heterocycles. The number of nitrogens with one attached hydrogen (secondary N) is 2. The summed E-state index contributed by atoms with van der Waals surface area (Å²) in [5.41, 5.74) is 3.84. The first-order valence-corrected chi connectivity index (χ1v) is 6.16. The SMILES string of the molecule is O=C(NNC(=O)c1cc(F)ccc1F)c1ccc(Cl)cc1. The molecule has 4 nitrogen and oxygen atoms in total. The first kappa shape index (κ1) is 14.9. The van der Waals surface area contributed by atoms with Gasteiger partial charge in [-0.15, -0.1) is 0 Å². The summed E-state index contributed by atoms with van der Waals surface area (Å²) in [5.74, 6) is -3.23. The first-order valence-electron chi connectivity index (χ1n) is 5.78. The summed E-state index contributed by atoms with van der Waals surface area (Å²) in [6, 6.07) is 8.36. The molecule has 2 aromatic carbocycles. The number of hydrogen-bond donors (Lipinski definition) is 2. The van der Waals surface area contributed by atoms with Crippen molar-refractivity contribution in [3.8, 4) is 0 Å². The van der Waals surface area contributed by atoms with Gasteiger partial charge in [0.15, 0.2) is 0 Å². The van der Waals surface area contributed by atoms with Crippen LogP contribution in [0.2, 0.25) is 5.02 Å². The van der Waals surface area contributed by atoms with E-state index < -0.39 is 29.0 Å². The summed E-state index contributed by atoms with van der Waals surface area (Å²) < 4.78 is 26.3. The van der Waals surface area contributed by atoms with Crippen LogP contribution in [-0.4, -0.2) is 11.8 Å². The Balaban J connectivity index is 2.02. The van der Waals surface area contributed by atoms with E-state index in [0.717, 1.165) is 18.2 Å². The van der Waals surface area contributed by atoms with E-state index in [0.29, 0.717) is 5.02 Å². The van der Waals surface area contributed by atoms with Gasteiger partial charge in [0.1, 0.15) is 11.6 Å². The van der Waals surface area contributed by atoms with Crippen molar-refractivity contribution in [3.63, 3.8) is 0 Å². The Morgan fingerprint density at radius 2 is 1.52 bits per heavy atom. The van der Waals surface area contributed by atoms with Crippen molar-refractivity contribution in [1.29, 1.82) is 0 Å². The van der Waals surface area contributed by atoms with Crippen LogP contribution < -0.4 is 10.9 Å². The van der Waals surface area contributed by atoms with Gasteiger partial charge in [0.25, 0.3) is 11.8 Å². The van der Waals surface area contributed by atoms with Gasteiger partial charge in [0, 0.05) is 10.6 Å². The predicted octanol–water partition coefficient (Wildman–Crippen LogP) is 2.69. The van der Waals surface area contributed by atoms with Gasteiger partial charge in [-0.25, -0.2) is 8.78 Å². The molecular weight excluding hydrogens is 302 g/mol. The zero-order chi connectivity index (χ0) is 15.4. The van der Waals surface area contributed by atoms with Gasteiger partial charge in [-0.1, -0.05) is 11.6 Å². The molecule has 0 bridgehead atoms. The van der Waals surface area contributed by atoms with E-state index in [1.54, 1.807) is 0 Å². The second-order valence-electron chi connectivity index (χ2n) is 4.04. The average Bonchev–Trinajstić information content (AvgIpc) is 2.47. The molecule has 0 aromatic heterocycles. The van der Waals surface area contributed by atoms with E-state index in [4.69, 9.17) is 11.6 Å². The molecule has 2 N–H and O–H groups in total. The van der Waals surface area contributed by atoms with Gasteiger partial charge in [0.05, 0.1) is 5.56 Å². The minimum Gasteiger partial charge on any atom is -0.267 e. The highest BCUT2D eigenvalue weighted by Crippen LogP contribution is 2.10. The minimum absolute atomic E-state index is 0.249. The van der Waals surface area contributed by atoms with Crippen LogP contribution in [0, 0.1) is 11.6 Å². The Morgan fingerprint density at radius 1 is 0.905 bits per heavy atom. The van der Waals surface area contributed by atoms with E-state index in [2.05, 4.69) is 5.43 Å². The Bertz CT molecular complexity index is 690. The van der Waals surface area contributed by atoms with Crippen molar-refractivity contribution in [2.45, 2.75) is 0 Å². The van der Waals surface area contributed by atoms with Gasteiger partial charge in [-0.3, -0.25) is 20.4 Å². The second kappa shape index (κ2) is 6.32. The Labute approximate surface area is 123 Å². The third kappa shape index (κ3) is 3.76. The molecule has 0 saturated carbocycles. The van der Waals surface area contributed by atoms with E-state index in [-0.39, 0.29) is 5.56 Å². The third-order valence-corrected chi connectivity index (χ3v) is 2.82. The van der Waals surface area contributed by atoms with Crippen molar-refractivity contribution in [2.75, 3.05) is 0 Å². The van der Waals surface area contributed by atoms with Crippen LogP contribution in [0.4, 0.5) is 8.78 Å². The molecule has 108 valence electrons. The molecule has 0 aliphatic carbocycles.